The molecule has 0 aliphatic carbocycles. The first-order valence-electron chi connectivity index (χ1n) is 9.28. The van der Waals surface area contributed by atoms with E-state index in [2.05, 4.69) is 16.0 Å². The molecule has 2 rings (SSSR count). The second-order valence-electron chi connectivity index (χ2n) is 7.52. The zero-order chi connectivity index (χ0) is 19.9. The van der Waals surface area contributed by atoms with Crippen molar-refractivity contribution in [1.29, 1.82) is 0 Å². The zero-order valence-corrected chi connectivity index (χ0v) is 16.6. The van der Waals surface area contributed by atoms with Gasteiger partial charge in [-0.25, -0.2) is 0 Å². The summed E-state index contributed by atoms with van der Waals surface area (Å²) in [6.45, 7) is 9.71. The van der Waals surface area contributed by atoms with E-state index in [-0.39, 0.29) is 11.8 Å². The smallest absolute Gasteiger partial charge is 0.255 e. The van der Waals surface area contributed by atoms with Gasteiger partial charge in [0, 0.05) is 29.8 Å². The van der Waals surface area contributed by atoms with Crippen molar-refractivity contribution in [2.45, 2.75) is 40.8 Å². The van der Waals surface area contributed by atoms with Gasteiger partial charge in [0.25, 0.3) is 5.91 Å². The molecule has 0 aliphatic heterocycles. The van der Waals surface area contributed by atoms with Gasteiger partial charge in [-0.3, -0.25) is 9.59 Å². The van der Waals surface area contributed by atoms with E-state index < -0.39 is 5.41 Å². The molecule has 2 aromatic carbocycles. The molecule has 0 bridgehead atoms. The predicted octanol–water partition coefficient (Wildman–Crippen LogP) is 3.71. The Morgan fingerprint density at radius 1 is 0.926 bits per heavy atom. The van der Waals surface area contributed by atoms with E-state index in [0.717, 1.165) is 23.4 Å². The van der Waals surface area contributed by atoms with E-state index in [1.54, 1.807) is 12.1 Å². The maximum absolute atomic E-state index is 12.5. The summed E-state index contributed by atoms with van der Waals surface area (Å²) in [5.74, 6) is -0.147. The molecular weight excluding hydrogens is 338 g/mol. The molecule has 0 radical (unpaired) electrons. The number of para-hydroxylation sites is 1. The van der Waals surface area contributed by atoms with Gasteiger partial charge < -0.3 is 16.0 Å². The number of amides is 2. The summed E-state index contributed by atoms with van der Waals surface area (Å²) in [7, 11) is 0. The SMILES string of the molecule is CCNCc1ccccc1NC(=O)c1ccc(CNC(=O)C(C)(C)C)cc1. The summed E-state index contributed by atoms with van der Waals surface area (Å²) in [6, 6.07) is 15.1. The summed E-state index contributed by atoms with van der Waals surface area (Å²) in [4.78, 5) is 24.5. The van der Waals surface area contributed by atoms with Gasteiger partial charge in [0.1, 0.15) is 0 Å². The van der Waals surface area contributed by atoms with Crippen LogP contribution in [-0.2, 0) is 17.9 Å². The van der Waals surface area contributed by atoms with E-state index in [9.17, 15) is 9.59 Å². The summed E-state index contributed by atoms with van der Waals surface area (Å²) >= 11 is 0. The molecule has 0 aliphatic rings. The Hall–Kier alpha value is -2.66. The number of anilines is 1. The molecule has 2 amide bonds. The van der Waals surface area contributed by atoms with Gasteiger partial charge in [-0.15, -0.1) is 0 Å². The third-order valence-electron chi connectivity index (χ3n) is 4.18. The number of nitrogens with one attached hydrogen (secondary N) is 3. The second-order valence-corrected chi connectivity index (χ2v) is 7.52. The number of carbonyl (C=O) groups excluding carboxylic acids is 2. The van der Waals surface area contributed by atoms with Crippen molar-refractivity contribution in [1.82, 2.24) is 10.6 Å². The average Bonchev–Trinajstić information content (AvgIpc) is 2.65. The molecule has 0 aromatic heterocycles. The normalized spacial score (nSPS) is 11.1. The summed E-state index contributed by atoms with van der Waals surface area (Å²) in [5, 5.41) is 9.16. The highest BCUT2D eigenvalue weighted by Crippen LogP contribution is 2.17. The fourth-order valence-corrected chi connectivity index (χ4v) is 2.47. The largest absolute Gasteiger partial charge is 0.352 e. The minimum absolute atomic E-state index is 0.00150. The Morgan fingerprint density at radius 3 is 2.22 bits per heavy atom. The fourth-order valence-electron chi connectivity index (χ4n) is 2.47. The Morgan fingerprint density at radius 2 is 1.59 bits per heavy atom. The van der Waals surface area contributed by atoms with Gasteiger partial charge in [0.2, 0.25) is 5.91 Å². The molecule has 0 saturated heterocycles. The van der Waals surface area contributed by atoms with Crippen molar-refractivity contribution in [2.24, 2.45) is 5.41 Å². The molecule has 0 spiro atoms. The van der Waals surface area contributed by atoms with Gasteiger partial charge in [-0.2, -0.15) is 0 Å². The predicted molar refractivity (Wildman–Crippen MR) is 110 cm³/mol. The lowest BCUT2D eigenvalue weighted by atomic mass is 9.95. The number of hydrogen-bond acceptors (Lipinski definition) is 3. The minimum Gasteiger partial charge on any atom is -0.352 e. The van der Waals surface area contributed by atoms with Crippen LogP contribution in [0.4, 0.5) is 5.69 Å². The summed E-state index contributed by atoms with van der Waals surface area (Å²) < 4.78 is 0. The highest BCUT2D eigenvalue weighted by molar-refractivity contribution is 6.04. The van der Waals surface area contributed by atoms with Crippen LogP contribution >= 0.6 is 0 Å². The molecule has 5 heteroatoms. The molecule has 3 N–H and O–H groups in total. The standard InChI is InChI=1S/C22H29N3O2/c1-5-23-15-18-8-6-7-9-19(18)25-20(26)17-12-10-16(11-13-17)14-24-21(27)22(2,3)4/h6-13,23H,5,14-15H2,1-4H3,(H,24,27)(H,25,26). The van der Waals surface area contributed by atoms with Crippen LogP contribution in [0.2, 0.25) is 0 Å². The van der Waals surface area contributed by atoms with E-state index >= 15 is 0 Å². The van der Waals surface area contributed by atoms with E-state index in [1.165, 1.54) is 0 Å². The van der Waals surface area contributed by atoms with Crippen LogP contribution in [0, 0.1) is 5.41 Å². The third kappa shape index (κ3) is 6.22. The number of rotatable bonds is 7. The maximum atomic E-state index is 12.5. The monoisotopic (exact) mass is 367 g/mol. The van der Waals surface area contributed by atoms with Crippen LogP contribution in [0.5, 0.6) is 0 Å². The van der Waals surface area contributed by atoms with Crippen LogP contribution in [0.1, 0.15) is 49.2 Å². The highest BCUT2D eigenvalue weighted by atomic mass is 16.2. The Bertz CT molecular complexity index is 777. The fraction of sp³-hybridized carbons (Fsp3) is 0.364. The maximum Gasteiger partial charge on any atom is 0.255 e. The molecule has 2 aromatic rings. The molecule has 27 heavy (non-hydrogen) atoms. The highest BCUT2D eigenvalue weighted by Gasteiger charge is 2.20. The molecule has 0 atom stereocenters. The Kier molecular flexibility index (Phi) is 7.13. The van der Waals surface area contributed by atoms with Crippen LogP contribution in [0.3, 0.4) is 0 Å². The van der Waals surface area contributed by atoms with Crippen molar-refractivity contribution in [3.05, 3.63) is 65.2 Å². The summed E-state index contributed by atoms with van der Waals surface area (Å²) in [6.07, 6.45) is 0. The first kappa shape index (κ1) is 20.6. The van der Waals surface area contributed by atoms with Gasteiger partial charge >= 0.3 is 0 Å². The first-order chi connectivity index (χ1) is 12.8. The molecule has 0 unspecified atom stereocenters. The van der Waals surface area contributed by atoms with E-state index in [1.807, 2.05) is 64.1 Å². The second kappa shape index (κ2) is 9.33. The van der Waals surface area contributed by atoms with E-state index in [0.29, 0.717) is 18.7 Å². The third-order valence-corrected chi connectivity index (χ3v) is 4.18. The lowest BCUT2D eigenvalue weighted by Crippen LogP contribution is -2.34. The van der Waals surface area contributed by atoms with Crippen LogP contribution in [0.15, 0.2) is 48.5 Å². The Labute approximate surface area is 161 Å². The number of benzene rings is 2. The lowest BCUT2D eigenvalue weighted by Gasteiger charge is -2.17. The molecule has 0 fully saturated rings. The van der Waals surface area contributed by atoms with Gasteiger partial charge in [-0.1, -0.05) is 58.0 Å². The first-order valence-corrected chi connectivity index (χ1v) is 9.28. The van der Waals surface area contributed by atoms with Crippen molar-refractivity contribution in [3.8, 4) is 0 Å². The molecule has 144 valence electrons. The van der Waals surface area contributed by atoms with Gasteiger partial charge in [0.05, 0.1) is 0 Å². The number of carbonyl (C=O) groups is 2. The van der Waals surface area contributed by atoms with Crippen LogP contribution in [-0.4, -0.2) is 18.4 Å². The zero-order valence-electron chi connectivity index (χ0n) is 16.6. The van der Waals surface area contributed by atoms with Crippen molar-refractivity contribution >= 4 is 17.5 Å². The van der Waals surface area contributed by atoms with Crippen molar-refractivity contribution in [2.75, 3.05) is 11.9 Å². The van der Waals surface area contributed by atoms with Gasteiger partial charge in [0.15, 0.2) is 0 Å². The van der Waals surface area contributed by atoms with Crippen molar-refractivity contribution in [3.63, 3.8) is 0 Å². The molecular formula is C22H29N3O2. The molecule has 5 nitrogen and oxygen atoms in total. The summed E-state index contributed by atoms with van der Waals surface area (Å²) in [5.41, 5.74) is 2.98. The molecule has 0 heterocycles. The van der Waals surface area contributed by atoms with Gasteiger partial charge in [-0.05, 0) is 35.9 Å². The van der Waals surface area contributed by atoms with Crippen LogP contribution in [0.25, 0.3) is 0 Å². The Balaban J connectivity index is 1.99. The topological polar surface area (TPSA) is 70.2 Å². The number of hydrogen-bond donors (Lipinski definition) is 3. The van der Waals surface area contributed by atoms with E-state index in [4.69, 9.17) is 0 Å². The molecule has 0 saturated carbocycles. The lowest BCUT2D eigenvalue weighted by molar-refractivity contribution is -0.128. The minimum atomic E-state index is -0.417. The average molecular weight is 367 g/mol. The quantitative estimate of drug-likeness (QED) is 0.699. The van der Waals surface area contributed by atoms with Crippen LogP contribution < -0.4 is 16.0 Å². The van der Waals surface area contributed by atoms with Crippen molar-refractivity contribution < 1.29 is 9.59 Å².